The zero-order chi connectivity index (χ0) is 18.1. The van der Waals surface area contributed by atoms with Gasteiger partial charge in [-0.2, -0.15) is 0 Å². The number of carbonyl (C=O) groups excluding carboxylic acids is 1. The molecule has 2 atom stereocenters. The number of carbonyl (C=O) groups is 1. The Labute approximate surface area is 152 Å². The quantitative estimate of drug-likeness (QED) is 0.752. The minimum atomic E-state index is -3.63. The lowest BCUT2D eigenvalue weighted by Crippen LogP contribution is -2.63. The van der Waals surface area contributed by atoms with Crippen LogP contribution in [0.2, 0.25) is 0 Å². The first-order chi connectivity index (χ1) is 11.9. The van der Waals surface area contributed by atoms with Crippen molar-refractivity contribution in [2.75, 3.05) is 26.2 Å². The normalized spacial score (nSPS) is 25.8. The number of nitrogens with zero attached hydrogens (tertiary/aromatic N) is 1. The molecule has 0 unspecified atom stereocenters. The molecule has 25 heavy (non-hydrogen) atoms. The third kappa shape index (κ3) is 3.61. The standard InChI is InChI=1S/C16H24N2O5S2/c1-2-23-13-10-12(19)16(13)5-7-18(8-6-16)14(20)11-17-25(21,22)15-4-3-9-24-15/h3-4,9,12-13,17,19H,2,5-8,10-11H2,1H3/t12-,13+/m1/s1. The molecular weight excluding hydrogens is 364 g/mol. The van der Waals surface area contributed by atoms with Crippen LogP contribution in [0.1, 0.15) is 26.2 Å². The number of sulfonamides is 1. The van der Waals surface area contributed by atoms with E-state index in [2.05, 4.69) is 4.72 Å². The predicted octanol–water partition coefficient (Wildman–Crippen LogP) is 0.805. The van der Waals surface area contributed by atoms with E-state index < -0.39 is 10.0 Å². The van der Waals surface area contributed by atoms with Gasteiger partial charge in [-0.1, -0.05) is 6.07 Å². The minimum Gasteiger partial charge on any atom is -0.392 e. The van der Waals surface area contributed by atoms with Gasteiger partial charge in [-0.3, -0.25) is 4.79 Å². The van der Waals surface area contributed by atoms with Gasteiger partial charge in [-0.25, -0.2) is 13.1 Å². The monoisotopic (exact) mass is 388 g/mol. The zero-order valence-electron chi connectivity index (χ0n) is 14.2. The van der Waals surface area contributed by atoms with Crippen molar-refractivity contribution < 1.29 is 23.1 Å². The van der Waals surface area contributed by atoms with E-state index >= 15 is 0 Å². The van der Waals surface area contributed by atoms with E-state index in [4.69, 9.17) is 4.74 Å². The van der Waals surface area contributed by atoms with Crippen LogP contribution in [0.4, 0.5) is 0 Å². The third-order valence-corrected chi connectivity index (χ3v) is 8.13. The molecule has 1 saturated carbocycles. The molecule has 0 radical (unpaired) electrons. The van der Waals surface area contributed by atoms with Crippen molar-refractivity contribution in [3.8, 4) is 0 Å². The average Bonchev–Trinajstić information content (AvgIpc) is 3.15. The fraction of sp³-hybridized carbons (Fsp3) is 0.688. The summed E-state index contributed by atoms with van der Waals surface area (Å²) in [4.78, 5) is 14.0. The van der Waals surface area contributed by atoms with Crippen LogP contribution in [0.25, 0.3) is 0 Å². The molecule has 1 aromatic heterocycles. The summed E-state index contributed by atoms with van der Waals surface area (Å²) in [6.07, 6.45) is 1.70. The van der Waals surface area contributed by atoms with Crippen LogP contribution in [0.15, 0.2) is 21.7 Å². The maximum atomic E-state index is 12.3. The van der Waals surface area contributed by atoms with Crippen LogP contribution in [0.3, 0.4) is 0 Å². The minimum absolute atomic E-state index is 0.0575. The number of ether oxygens (including phenoxy) is 1. The van der Waals surface area contributed by atoms with Gasteiger partial charge in [0.1, 0.15) is 4.21 Å². The molecule has 2 fully saturated rings. The molecule has 2 N–H and O–H groups in total. The molecule has 1 spiro atoms. The molecule has 0 aromatic carbocycles. The fourth-order valence-corrected chi connectivity index (χ4v) is 5.76. The van der Waals surface area contributed by atoms with Crippen molar-refractivity contribution in [1.29, 1.82) is 0 Å². The highest BCUT2D eigenvalue weighted by Crippen LogP contribution is 2.50. The highest BCUT2D eigenvalue weighted by atomic mass is 32.2. The van der Waals surface area contributed by atoms with E-state index in [-0.39, 0.29) is 34.3 Å². The second-order valence-electron chi connectivity index (χ2n) is 6.57. The molecule has 1 saturated heterocycles. The summed E-state index contributed by atoms with van der Waals surface area (Å²) in [5, 5.41) is 11.9. The Morgan fingerprint density at radius 1 is 1.48 bits per heavy atom. The Morgan fingerprint density at radius 2 is 2.20 bits per heavy atom. The molecular formula is C16H24N2O5S2. The van der Waals surface area contributed by atoms with Gasteiger partial charge in [0.15, 0.2) is 0 Å². The van der Waals surface area contributed by atoms with Crippen LogP contribution in [-0.4, -0.2) is 62.8 Å². The van der Waals surface area contributed by atoms with Gasteiger partial charge in [-0.15, -0.1) is 11.3 Å². The first-order valence-electron chi connectivity index (χ1n) is 8.49. The lowest BCUT2D eigenvalue weighted by atomic mass is 9.58. The summed E-state index contributed by atoms with van der Waals surface area (Å²) >= 11 is 1.12. The molecule has 1 aliphatic carbocycles. The van der Waals surface area contributed by atoms with Gasteiger partial charge >= 0.3 is 0 Å². The summed E-state index contributed by atoms with van der Waals surface area (Å²) in [5.74, 6) is -0.239. The van der Waals surface area contributed by atoms with Crippen molar-refractivity contribution >= 4 is 27.3 Å². The molecule has 7 nitrogen and oxygen atoms in total. The van der Waals surface area contributed by atoms with E-state index in [0.717, 1.165) is 11.3 Å². The van der Waals surface area contributed by atoms with Crippen LogP contribution in [-0.2, 0) is 19.6 Å². The van der Waals surface area contributed by atoms with E-state index in [1.54, 1.807) is 16.3 Å². The van der Waals surface area contributed by atoms with E-state index in [1.807, 2.05) is 6.92 Å². The summed E-state index contributed by atoms with van der Waals surface area (Å²) in [5.41, 5.74) is -0.247. The van der Waals surface area contributed by atoms with E-state index in [0.29, 0.717) is 39.0 Å². The van der Waals surface area contributed by atoms with Gasteiger partial charge in [0, 0.05) is 31.5 Å². The summed E-state index contributed by atoms with van der Waals surface area (Å²) in [7, 11) is -3.63. The fourth-order valence-electron chi connectivity index (χ4n) is 3.75. The Balaban J connectivity index is 1.52. The third-order valence-electron chi connectivity index (χ3n) is 5.33. The molecule has 9 heteroatoms. The smallest absolute Gasteiger partial charge is 0.250 e. The van der Waals surface area contributed by atoms with E-state index in [9.17, 15) is 18.3 Å². The number of nitrogens with one attached hydrogen (secondary N) is 1. The molecule has 140 valence electrons. The first kappa shape index (κ1) is 18.8. The first-order valence-corrected chi connectivity index (χ1v) is 10.9. The highest BCUT2D eigenvalue weighted by molar-refractivity contribution is 7.91. The lowest BCUT2D eigenvalue weighted by molar-refractivity contribution is -0.209. The SMILES string of the molecule is CCO[C@H]1C[C@@H](O)C12CCN(C(=O)CNS(=O)(=O)c1cccs1)CC2. The van der Waals surface area contributed by atoms with Crippen LogP contribution >= 0.6 is 11.3 Å². The number of piperidine rings is 1. The van der Waals surface area contributed by atoms with Gasteiger partial charge in [0.05, 0.1) is 18.8 Å². The maximum absolute atomic E-state index is 12.3. The Morgan fingerprint density at radius 3 is 2.76 bits per heavy atom. The molecule has 0 bridgehead atoms. The van der Waals surface area contributed by atoms with Crippen molar-refractivity contribution in [3.63, 3.8) is 0 Å². The number of amides is 1. The van der Waals surface area contributed by atoms with Gasteiger partial charge in [0.2, 0.25) is 5.91 Å². The molecule has 1 aliphatic heterocycles. The number of aliphatic hydroxyl groups excluding tert-OH is 1. The van der Waals surface area contributed by atoms with Crippen LogP contribution in [0, 0.1) is 5.41 Å². The molecule has 2 aliphatic rings. The number of thiophene rings is 1. The second kappa shape index (κ2) is 7.32. The number of hydrogen-bond acceptors (Lipinski definition) is 6. The van der Waals surface area contributed by atoms with Crippen molar-refractivity contribution in [2.45, 2.75) is 42.6 Å². The molecule has 1 aromatic rings. The van der Waals surface area contributed by atoms with Crippen molar-refractivity contribution in [1.82, 2.24) is 9.62 Å². The molecule has 2 heterocycles. The Kier molecular flexibility index (Phi) is 5.50. The van der Waals surface area contributed by atoms with E-state index in [1.165, 1.54) is 6.07 Å². The maximum Gasteiger partial charge on any atom is 0.250 e. The van der Waals surface area contributed by atoms with Gasteiger partial charge < -0.3 is 14.7 Å². The van der Waals surface area contributed by atoms with Gasteiger partial charge in [-0.05, 0) is 31.2 Å². The number of hydrogen-bond donors (Lipinski definition) is 2. The molecule has 3 rings (SSSR count). The largest absolute Gasteiger partial charge is 0.392 e. The highest BCUT2D eigenvalue weighted by Gasteiger charge is 2.56. The summed E-state index contributed by atoms with van der Waals surface area (Å²) < 4.78 is 32.4. The van der Waals surface area contributed by atoms with Crippen molar-refractivity contribution in [2.24, 2.45) is 5.41 Å². The Bertz CT molecular complexity index is 694. The lowest BCUT2D eigenvalue weighted by Gasteiger charge is -2.56. The molecule has 1 amide bonds. The van der Waals surface area contributed by atoms with Crippen LogP contribution < -0.4 is 4.72 Å². The number of aliphatic hydroxyl groups is 1. The number of likely N-dealkylation sites (tertiary alicyclic amines) is 1. The topological polar surface area (TPSA) is 95.9 Å². The zero-order valence-corrected chi connectivity index (χ0v) is 15.8. The Hall–Kier alpha value is -1.00. The summed E-state index contributed by atoms with van der Waals surface area (Å²) in [6, 6.07) is 3.16. The van der Waals surface area contributed by atoms with Crippen LogP contribution in [0.5, 0.6) is 0 Å². The second-order valence-corrected chi connectivity index (χ2v) is 9.51. The van der Waals surface area contributed by atoms with Gasteiger partial charge in [0.25, 0.3) is 10.0 Å². The predicted molar refractivity (Wildman–Crippen MR) is 93.8 cm³/mol. The summed E-state index contributed by atoms with van der Waals surface area (Å²) in [6.45, 7) is 3.34. The number of rotatable bonds is 6. The average molecular weight is 389 g/mol. The van der Waals surface area contributed by atoms with Crippen molar-refractivity contribution in [3.05, 3.63) is 17.5 Å².